The van der Waals surface area contributed by atoms with Crippen LogP contribution in [0.15, 0.2) is 24.3 Å². The maximum Gasteiger partial charge on any atom is 0.180 e. The van der Waals surface area contributed by atoms with Gasteiger partial charge in [-0.3, -0.25) is 9.59 Å². The summed E-state index contributed by atoms with van der Waals surface area (Å²) in [6.07, 6.45) is 0.135. The lowest BCUT2D eigenvalue weighted by atomic mass is 9.87. The van der Waals surface area contributed by atoms with Crippen molar-refractivity contribution in [1.82, 2.24) is 0 Å². The molecule has 66 valence electrons. The molecule has 13 heavy (non-hydrogen) atoms. The first-order valence-corrected chi connectivity index (χ1v) is 4.12. The molecule has 0 heterocycles. The van der Waals surface area contributed by atoms with Crippen molar-refractivity contribution >= 4 is 11.6 Å². The van der Waals surface area contributed by atoms with Gasteiger partial charge < -0.3 is 5.73 Å². The molecule has 0 spiro atoms. The van der Waals surface area contributed by atoms with E-state index in [-0.39, 0.29) is 18.0 Å². The average Bonchev–Trinajstić information content (AvgIpc) is 2.15. The number of benzene rings is 1. The van der Waals surface area contributed by atoms with Crippen molar-refractivity contribution in [3.63, 3.8) is 0 Å². The van der Waals surface area contributed by atoms with E-state index in [4.69, 9.17) is 5.73 Å². The van der Waals surface area contributed by atoms with Crippen LogP contribution in [0.25, 0.3) is 0 Å². The summed E-state index contributed by atoms with van der Waals surface area (Å²) in [5, 5.41) is 0. The van der Waals surface area contributed by atoms with E-state index < -0.39 is 6.04 Å². The number of fused-ring (bicyclic) bond motifs is 1. The fourth-order valence-electron chi connectivity index (χ4n) is 1.54. The Labute approximate surface area is 75.5 Å². The van der Waals surface area contributed by atoms with E-state index in [1.54, 1.807) is 24.3 Å². The number of rotatable bonds is 0. The molecular formula is C10H9NO2. The highest BCUT2D eigenvalue weighted by molar-refractivity contribution is 6.16. The molecule has 1 aliphatic carbocycles. The average molecular weight is 175 g/mol. The summed E-state index contributed by atoms with van der Waals surface area (Å²) in [5.74, 6) is -0.169. The zero-order valence-electron chi connectivity index (χ0n) is 6.99. The first-order valence-electron chi connectivity index (χ1n) is 4.12. The first kappa shape index (κ1) is 8.13. The van der Waals surface area contributed by atoms with Crippen molar-refractivity contribution < 1.29 is 9.59 Å². The number of Topliss-reactive ketones (excluding diaryl/α,β-unsaturated/α-hetero) is 2. The van der Waals surface area contributed by atoms with Gasteiger partial charge in [0, 0.05) is 17.5 Å². The van der Waals surface area contributed by atoms with Crippen molar-refractivity contribution in [2.75, 3.05) is 0 Å². The zero-order chi connectivity index (χ0) is 9.42. The van der Waals surface area contributed by atoms with Gasteiger partial charge in [-0.15, -0.1) is 0 Å². The Balaban J connectivity index is 2.60. The minimum absolute atomic E-state index is 0.0392. The Morgan fingerprint density at radius 2 is 1.77 bits per heavy atom. The molecule has 0 saturated heterocycles. The molecule has 1 atom stereocenters. The number of hydrogen-bond acceptors (Lipinski definition) is 3. The highest BCUT2D eigenvalue weighted by Crippen LogP contribution is 2.19. The fraction of sp³-hybridized carbons (Fsp3) is 0.200. The van der Waals surface area contributed by atoms with Crippen molar-refractivity contribution in [2.24, 2.45) is 5.73 Å². The summed E-state index contributed by atoms with van der Waals surface area (Å²) in [4.78, 5) is 22.9. The molecule has 1 aromatic rings. The third-order valence-electron chi connectivity index (χ3n) is 2.24. The Hall–Kier alpha value is -1.48. The van der Waals surface area contributed by atoms with Crippen LogP contribution in [0.1, 0.15) is 27.1 Å². The van der Waals surface area contributed by atoms with Crippen LogP contribution in [0.3, 0.4) is 0 Å². The Morgan fingerprint density at radius 1 is 1.15 bits per heavy atom. The van der Waals surface area contributed by atoms with Crippen LogP contribution in [0.5, 0.6) is 0 Å². The van der Waals surface area contributed by atoms with Crippen LogP contribution in [0, 0.1) is 0 Å². The predicted octanol–water partition coefficient (Wildman–Crippen LogP) is 0.783. The standard InChI is InChI=1S/C10H9NO2/c11-8-5-9(12)6-3-1-2-4-7(6)10(8)13/h1-4,8H,5,11H2. The number of carbonyl (C=O) groups is 2. The van der Waals surface area contributed by atoms with E-state index >= 15 is 0 Å². The Morgan fingerprint density at radius 3 is 2.46 bits per heavy atom. The molecule has 1 aliphatic rings. The molecule has 0 saturated carbocycles. The molecule has 1 unspecified atom stereocenters. The molecule has 1 aromatic carbocycles. The summed E-state index contributed by atoms with van der Waals surface area (Å²) in [6.45, 7) is 0. The highest BCUT2D eigenvalue weighted by Gasteiger charge is 2.29. The smallest absolute Gasteiger partial charge is 0.180 e. The maximum absolute atomic E-state index is 11.5. The van der Waals surface area contributed by atoms with Crippen molar-refractivity contribution in [2.45, 2.75) is 12.5 Å². The molecule has 0 aliphatic heterocycles. The summed E-state index contributed by atoms with van der Waals surface area (Å²) >= 11 is 0. The SMILES string of the molecule is NC1CC(=O)c2ccccc2C1=O. The van der Waals surface area contributed by atoms with Crippen LogP contribution < -0.4 is 5.73 Å². The molecule has 2 rings (SSSR count). The number of ketones is 2. The van der Waals surface area contributed by atoms with Crippen molar-refractivity contribution in [3.05, 3.63) is 35.4 Å². The zero-order valence-corrected chi connectivity index (χ0v) is 6.99. The number of hydrogen-bond donors (Lipinski definition) is 1. The Bertz CT molecular complexity index is 384. The van der Waals surface area contributed by atoms with E-state index in [9.17, 15) is 9.59 Å². The Kier molecular flexibility index (Phi) is 1.74. The van der Waals surface area contributed by atoms with Gasteiger partial charge in [-0.2, -0.15) is 0 Å². The maximum atomic E-state index is 11.5. The van der Waals surface area contributed by atoms with Gasteiger partial charge >= 0.3 is 0 Å². The second-order valence-electron chi connectivity index (χ2n) is 3.14. The van der Waals surface area contributed by atoms with Crippen molar-refractivity contribution in [1.29, 1.82) is 0 Å². The minimum Gasteiger partial charge on any atom is -0.321 e. The highest BCUT2D eigenvalue weighted by atomic mass is 16.1. The molecule has 3 nitrogen and oxygen atoms in total. The molecule has 0 aromatic heterocycles. The summed E-state index contributed by atoms with van der Waals surface area (Å²) < 4.78 is 0. The topological polar surface area (TPSA) is 60.2 Å². The first-order chi connectivity index (χ1) is 6.20. The van der Waals surface area contributed by atoms with Crippen LogP contribution in [-0.4, -0.2) is 17.6 Å². The second-order valence-corrected chi connectivity index (χ2v) is 3.14. The molecule has 0 fully saturated rings. The van der Waals surface area contributed by atoms with Gasteiger partial charge in [-0.05, 0) is 0 Å². The van der Waals surface area contributed by atoms with Crippen LogP contribution in [0.2, 0.25) is 0 Å². The van der Waals surface area contributed by atoms with E-state index in [2.05, 4.69) is 0 Å². The predicted molar refractivity (Wildman–Crippen MR) is 47.7 cm³/mol. The van der Waals surface area contributed by atoms with E-state index in [0.717, 1.165) is 0 Å². The van der Waals surface area contributed by atoms with Gasteiger partial charge in [0.1, 0.15) is 0 Å². The van der Waals surface area contributed by atoms with Gasteiger partial charge in [0.15, 0.2) is 11.6 Å². The van der Waals surface area contributed by atoms with E-state index in [0.29, 0.717) is 11.1 Å². The molecular weight excluding hydrogens is 166 g/mol. The van der Waals surface area contributed by atoms with Gasteiger partial charge in [0.25, 0.3) is 0 Å². The van der Waals surface area contributed by atoms with Crippen LogP contribution >= 0.6 is 0 Å². The lowest BCUT2D eigenvalue weighted by molar-refractivity contribution is 0.0868. The molecule has 0 bridgehead atoms. The number of nitrogens with two attached hydrogens (primary N) is 1. The normalized spacial score (nSPS) is 21.5. The second kappa shape index (κ2) is 2.78. The van der Waals surface area contributed by atoms with E-state index in [1.807, 2.05) is 0 Å². The largest absolute Gasteiger partial charge is 0.321 e. The minimum atomic E-state index is -0.651. The van der Waals surface area contributed by atoms with Crippen LogP contribution in [-0.2, 0) is 0 Å². The summed E-state index contributed by atoms with van der Waals surface area (Å²) in [6, 6.07) is 6.15. The quantitative estimate of drug-likeness (QED) is 0.634. The monoisotopic (exact) mass is 175 g/mol. The van der Waals surface area contributed by atoms with Crippen molar-refractivity contribution in [3.8, 4) is 0 Å². The lowest BCUT2D eigenvalue weighted by Gasteiger charge is -2.18. The molecule has 0 radical (unpaired) electrons. The molecule has 3 heteroatoms. The third-order valence-corrected chi connectivity index (χ3v) is 2.24. The summed E-state index contributed by atoms with van der Waals surface area (Å²) in [5.41, 5.74) is 6.49. The van der Waals surface area contributed by atoms with Gasteiger partial charge in [0.05, 0.1) is 6.04 Å². The molecule has 0 amide bonds. The van der Waals surface area contributed by atoms with Gasteiger partial charge in [-0.25, -0.2) is 0 Å². The van der Waals surface area contributed by atoms with E-state index in [1.165, 1.54) is 0 Å². The molecule has 2 N–H and O–H groups in total. The van der Waals surface area contributed by atoms with Crippen LogP contribution in [0.4, 0.5) is 0 Å². The summed E-state index contributed by atoms with van der Waals surface area (Å²) in [7, 11) is 0. The number of carbonyl (C=O) groups excluding carboxylic acids is 2. The van der Waals surface area contributed by atoms with Gasteiger partial charge in [0.2, 0.25) is 0 Å². The fourth-order valence-corrected chi connectivity index (χ4v) is 1.54. The van der Waals surface area contributed by atoms with Gasteiger partial charge in [-0.1, -0.05) is 24.3 Å². The third kappa shape index (κ3) is 1.17. The lowest BCUT2D eigenvalue weighted by Crippen LogP contribution is -2.37.